The minimum absolute atomic E-state index is 0.0496. The van der Waals surface area contributed by atoms with Gasteiger partial charge < -0.3 is 20.1 Å². The highest BCUT2D eigenvalue weighted by molar-refractivity contribution is 6.34. The Kier molecular flexibility index (Phi) is 4.98. The number of amides is 4. The van der Waals surface area contributed by atoms with E-state index in [-0.39, 0.29) is 23.9 Å². The highest BCUT2D eigenvalue weighted by Crippen LogP contribution is 2.39. The number of rotatable bonds is 5. The molecule has 2 aliphatic rings. The van der Waals surface area contributed by atoms with E-state index < -0.39 is 35.7 Å². The van der Waals surface area contributed by atoms with Crippen LogP contribution in [0.5, 0.6) is 11.5 Å². The van der Waals surface area contributed by atoms with Gasteiger partial charge in [-0.25, -0.2) is 9.18 Å². The molecule has 0 spiro atoms. The summed E-state index contributed by atoms with van der Waals surface area (Å²) in [7, 11) is 0. The van der Waals surface area contributed by atoms with Gasteiger partial charge in [-0.15, -0.1) is 0 Å². The van der Waals surface area contributed by atoms with Crippen molar-refractivity contribution >= 4 is 35.1 Å². The lowest BCUT2D eigenvalue weighted by Crippen LogP contribution is -2.44. The van der Waals surface area contributed by atoms with Gasteiger partial charge in [-0.2, -0.15) is 0 Å². The number of halogens is 2. The Hall–Kier alpha value is -3.33. The van der Waals surface area contributed by atoms with Gasteiger partial charge in [-0.1, -0.05) is 30.7 Å². The summed E-state index contributed by atoms with van der Waals surface area (Å²) in [6.45, 7) is 1.25. The average Bonchev–Trinajstić information content (AvgIpc) is 3.26. The van der Waals surface area contributed by atoms with Gasteiger partial charge in [-0.3, -0.25) is 14.5 Å². The molecule has 4 amide bonds. The van der Waals surface area contributed by atoms with E-state index in [9.17, 15) is 18.8 Å². The van der Waals surface area contributed by atoms with Crippen molar-refractivity contribution in [2.24, 2.45) is 0 Å². The van der Waals surface area contributed by atoms with Crippen LogP contribution in [0.1, 0.15) is 18.9 Å². The maximum atomic E-state index is 13.3. The summed E-state index contributed by atoms with van der Waals surface area (Å²) < 4.78 is 23.8. The summed E-state index contributed by atoms with van der Waals surface area (Å²) in [5, 5.41) is 5.43. The average molecular weight is 434 g/mol. The van der Waals surface area contributed by atoms with Crippen LogP contribution in [0.15, 0.2) is 36.4 Å². The lowest BCUT2D eigenvalue weighted by Gasteiger charge is -2.25. The Labute approximate surface area is 175 Å². The third-order valence-corrected chi connectivity index (χ3v) is 5.39. The number of hydrogen-bond donors (Lipinski definition) is 2. The molecule has 2 N–H and O–H groups in total. The Bertz CT molecular complexity index is 1050. The lowest BCUT2D eigenvalue weighted by molar-refractivity contribution is -0.134. The molecular formula is C20H17ClFN3O5. The van der Waals surface area contributed by atoms with Gasteiger partial charge in [0, 0.05) is 12.1 Å². The second-order valence-corrected chi connectivity index (χ2v) is 7.23. The van der Waals surface area contributed by atoms with E-state index in [0.29, 0.717) is 17.1 Å². The number of hydrogen-bond acceptors (Lipinski definition) is 5. The fraction of sp³-hybridized carbons (Fsp3) is 0.250. The number of fused-ring (bicyclic) bond motifs is 1. The second-order valence-electron chi connectivity index (χ2n) is 6.82. The van der Waals surface area contributed by atoms with E-state index >= 15 is 0 Å². The quantitative estimate of drug-likeness (QED) is 0.706. The monoisotopic (exact) mass is 433 g/mol. The standard InChI is InChI=1S/C20H17ClFN3O5/c1-2-20(11-3-5-12(22)6-4-11)18(27)25(19(28)24-20)9-17(26)23-14-8-16-15(7-13(14)21)29-10-30-16/h3-8H,2,9-10H2,1H3,(H,23,26)(H,24,28). The number of nitrogens with zero attached hydrogens (tertiary/aromatic N) is 1. The van der Waals surface area contributed by atoms with Gasteiger partial charge in [0.15, 0.2) is 11.5 Å². The van der Waals surface area contributed by atoms with E-state index in [1.165, 1.54) is 36.4 Å². The minimum atomic E-state index is -1.36. The second kappa shape index (κ2) is 7.49. The van der Waals surface area contributed by atoms with Crippen molar-refractivity contribution < 1.29 is 28.2 Å². The van der Waals surface area contributed by atoms with Gasteiger partial charge >= 0.3 is 6.03 Å². The van der Waals surface area contributed by atoms with Gasteiger partial charge in [0.25, 0.3) is 5.91 Å². The molecule has 1 saturated heterocycles. The molecule has 1 unspecified atom stereocenters. The molecule has 0 aliphatic carbocycles. The van der Waals surface area contributed by atoms with Crippen molar-refractivity contribution in [3.05, 3.63) is 52.8 Å². The first-order chi connectivity index (χ1) is 14.3. The zero-order valence-corrected chi connectivity index (χ0v) is 16.6. The molecule has 0 bridgehead atoms. The molecular weight excluding hydrogens is 417 g/mol. The molecule has 2 heterocycles. The number of ether oxygens (including phenoxy) is 2. The van der Waals surface area contributed by atoms with Crippen molar-refractivity contribution in [1.29, 1.82) is 0 Å². The molecule has 10 heteroatoms. The SMILES string of the molecule is CCC1(c2ccc(F)cc2)NC(=O)N(CC(=O)Nc2cc3c(cc2Cl)OCO3)C1=O. The first-order valence-corrected chi connectivity index (χ1v) is 9.51. The number of urea groups is 1. The molecule has 0 aromatic heterocycles. The summed E-state index contributed by atoms with van der Waals surface area (Å²) in [6, 6.07) is 7.59. The Balaban J connectivity index is 1.52. The van der Waals surface area contributed by atoms with E-state index in [1.54, 1.807) is 6.92 Å². The van der Waals surface area contributed by atoms with Crippen LogP contribution in [0.3, 0.4) is 0 Å². The maximum absolute atomic E-state index is 13.3. The van der Waals surface area contributed by atoms with E-state index in [4.69, 9.17) is 21.1 Å². The first-order valence-electron chi connectivity index (χ1n) is 9.13. The maximum Gasteiger partial charge on any atom is 0.325 e. The first kappa shape index (κ1) is 20.0. The lowest BCUT2D eigenvalue weighted by atomic mass is 9.87. The van der Waals surface area contributed by atoms with Crippen LogP contribution in [-0.2, 0) is 15.1 Å². The number of carbonyl (C=O) groups is 3. The van der Waals surface area contributed by atoms with Gasteiger partial charge in [-0.05, 0) is 24.1 Å². The fourth-order valence-corrected chi connectivity index (χ4v) is 3.69. The van der Waals surface area contributed by atoms with Crippen molar-refractivity contribution in [2.45, 2.75) is 18.9 Å². The molecule has 2 aromatic carbocycles. The summed E-state index contributed by atoms with van der Waals surface area (Å²) in [4.78, 5) is 38.9. The van der Waals surface area contributed by atoms with Crippen LogP contribution in [0, 0.1) is 5.82 Å². The normalized spacial score (nSPS) is 19.8. The smallest absolute Gasteiger partial charge is 0.325 e. The zero-order valence-electron chi connectivity index (χ0n) is 15.8. The summed E-state index contributed by atoms with van der Waals surface area (Å²) in [5.74, 6) is -0.789. The van der Waals surface area contributed by atoms with Crippen LogP contribution in [0.25, 0.3) is 0 Å². The molecule has 30 heavy (non-hydrogen) atoms. The summed E-state index contributed by atoms with van der Waals surface area (Å²) in [6.07, 6.45) is 0.231. The van der Waals surface area contributed by atoms with Gasteiger partial charge in [0.2, 0.25) is 12.7 Å². The van der Waals surface area contributed by atoms with Crippen LogP contribution in [0.4, 0.5) is 14.9 Å². The molecule has 0 radical (unpaired) electrons. The van der Waals surface area contributed by atoms with E-state index in [1.807, 2.05) is 0 Å². The molecule has 2 aromatic rings. The predicted molar refractivity (Wildman–Crippen MR) is 105 cm³/mol. The van der Waals surface area contributed by atoms with Crippen LogP contribution in [-0.4, -0.2) is 36.1 Å². The third kappa shape index (κ3) is 3.30. The zero-order chi connectivity index (χ0) is 21.5. The van der Waals surface area contributed by atoms with E-state index in [2.05, 4.69) is 10.6 Å². The minimum Gasteiger partial charge on any atom is -0.454 e. The molecule has 2 aliphatic heterocycles. The molecule has 4 rings (SSSR count). The number of nitrogens with one attached hydrogen (secondary N) is 2. The number of benzene rings is 2. The largest absolute Gasteiger partial charge is 0.454 e. The Morgan fingerprint density at radius 2 is 1.90 bits per heavy atom. The van der Waals surface area contributed by atoms with Crippen LogP contribution < -0.4 is 20.1 Å². The van der Waals surface area contributed by atoms with Crippen LogP contribution in [0.2, 0.25) is 5.02 Å². The molecule has 156 valence electrons. The summed E-state index contributed by atoms with van der Waals surface area (Å²) >= 11 is 6.15. The van der Waals surface area contributed by atoms with Crippen molar-refractivity contribution in [3.63, 3.8) is 0 Å². The fourth-order valence-electron chi connectivity index (χ4n) is 3.49. The van der Waals surface area contributed by atoms with Gasteiger partial charge in [0.05, 0.1) is 10.7 Å². The molecule has 1 atom stereocenters. The number of carbonyl (C=O) groups excluding carboxylic acids is 3. The van der Waals surface area contributed by atoms with Crippen molar-refractivity contribution in [1.82, 2.24) is 10.2 Å². The summed E-state index contributed by atoms with van der Waals surface area (Å²) in [5.41, 5.74) is -0.661. The highest BCUT2D eigenvalue weighted by atomic mass is 35.5. The molecule has 1 fully saturated rings. The topological polar surface area (TPSA) is 97.0 Å². The van der Waals surface area contributed by atoms with Crippen molar-refractivity contribution in [3.8, 4) is 11.5 Å². The Morgan fingerprint density at radius 3 is 2.57 bits per heavy atom. The number of anilines is 1. The molecule has 8 nitrogen and oxygen atoms in total. The highest BCUT2D eigenvalue weighted by Gasteiger charge is 2.51. The van der Waals surface area contributed by atoms with Gasteiger partial charge in [0.1, 0.15) is 17.9 Å². The predicted octanol–water partition coefficient (Wildman–Crippen LogP) is 3.00. The number of imide groups is 1. The van der Waals surface area contributed by atoms with Crippen molar-refractivity contribution in [2.75, 3.05) is 18.7 Å². The van der Waals surface area contributed by atoms with Crippen LogP contribution >= 0.6 is 11.6 Å². The van der Waals surface area contributed by atoms with E-state index in [0.717, 1.165) is 4.90 Å². The molecule has 0 saturated carbocycles. The third-order valence-electron chi connectivity index (χ3n) is 5.08. The Morgan fingerprint density at radius 1 is 1.23 bits per heavy atom.